The fourth-order valence-corrected chi connectivity index (χ4v) is 6.01. The predicted octanol–water partition coefficient (Wildman–Crippen LogP) is 5.99. The lowest BCUT2D eigenvalue weighted by Gasteiger charge is -2.30. The van der Waals surface area contributed by atoms with Gasteiger partial charge >= 0.3 is 12.1 Å². The van der Waals surface area contributed by atoms with Crippen molar-refractivity contribution >= 4 is 12.1 Å². The van der Waals surface area contributed by atoms with Crippen LogP contribution in [0.25, 0.3) is 0 Å². The van der Waals surface area contributed by atoms with Crippen molar-refractivity contribution in [3.63, 3.8) is 0 Å². The minimum atomic E-state index is -0.793. The Morgan fingerprint density at radius 2 is 1.77 bits per heavy atom. The SMILES string of the molecule is CNCc1ccccc1[C@H]1CC[C@H](Cc2cc(O[C@H]3C[C@@H](C(=O)OC)N(C(=O)OC(C)(C)C)C3)ccc2F)CC1. The molecule has 2 aromatic rings. The molecular formula is C32H43FN2O5. The molecule has 7 nitrogen and oxygen atoms in total. The van der Waals surface area contributed by atoms with Gasteiger partial charge in [0.2, 0.25) is 0 Å². The molecule has 1 amide bonds. The fraction of sp³-hybridized carbons (Fsp3) is 0.562. The molecule has 4 rings (SSSR count). The van der Waals surface area contributed by atoms with E-state index < -0.39 is 29.8 Å². The van der Waals surface area contributed by atoms with Crippen molar-refractivity contribution < 1.29 is 28.2 Å². The minimum Gasteiger partial charge on any atom is -0.488 e. The lowest BCUT2D eigenvalue weighted by atomic mass is 9.75. The number of halogens is 1. The van der Waals surface area contributed by atoms with E-state index >= 15 is 0 Å². The molecule has 2 aliphatic rings. The highest BCUT2D eigenvalue weighted by molar-refractivity contribution is 5.82. The van der Waals surface area contributed by atoms with Crippen LogP contribution in [0.2, 0.25) is 0 Å². The summed E-state index contributed by atoms with van der Waals surface area (Å²) in [6.07, 6.45) is 4.21. The fourth-order valence-electron chi connectivity index (χ4n) is 6.01. The summed E-state index contributed by atoms with van der Waals surface area (Å²) < 4.78 is 31.5. The number of amides is 1. The molecule has 0 bridgehead atoms. The lowest BCUT2D eigenvalue weighted by molar-refractivity contribution is -0.145. The smallest absolute Gasteiger partial charge is 0.411 e. The summed E-state index contributed by atoms with van der Waals surface area (Å²) in [7, 11) is 3.27. The van der Waals surface area contributed by atoms with E-state index in [0.29, 0.717) is 29.6 Å². The molecular weight excluding hydrogens is 511 g/mol. The van der Waals surface area contributed by atoms with E-state index in [4.69, 9.17) is 14.2 Å². The summed E-state index contributed by atoms with van der Waals surface area (Å²) >= 11 is 0. The average molecular weight is 555 g/mol. The Morgan fingerprint density at radius 3 is 2.45 bits per heavy atom. The maximum absolute atomic E-state index is 14.9. The number of nitrogens with zero attached hydrogens (tertiary/aromatic N) is 1. The number of hydrogen-bond donors (Lipinski definition) is 1. The minimum absolute atomic E-state index is 0.181. The summed E-state index contributed by atoms with van der Waals surface area (Å²) in [5, 5.41) is 3.27. The first-order chi connectivity index (χ1) is 19.1. The molecule has 2 atom stereocenters. The zero-order chi connectivity index (χ0) is 28.9. The van der Waals surface area contributed by atoms with Crippen molar-refractivity contribution in [3.05, 3.63) is 65.0 Å². The Balaban J connectivity index is 1.38. The van der Waals surface area contributed by atoms with Crippen LogP contribution in [0.1, 0.15) is 75.5 Å². The summed E-state index contributed by atoms with van der Waals surface area (Å²) in [5.41, 5.74) is 2.73. The van der Waals surface area contributed by atoms with Crippen LogP contribution in [0.5, 0.6) is 5.75 Å². The topological polar surface area (TPSA) is 77.1 Å². The van der Waals surface area contributed by atoms with Gasteiger partial charge in [-0.3, -0.25) is 4.90 Å². The predicted molar refractivity (Wildman–Crippen MR) is 152 cm³/mol. The zero-order valence-electron chi connectivity index (χ0n) is 24.4. The molecule has 1 aliphatic carbocycles. The van der Waals surface area contributed by atoms with Gasteiger partial charge in [-0.05, 0) is 107 Å². The molecule has 1 heterocycles. The molecule has 40 heavy (non-hydrogen) atoms. The number of benzene rings is 2. The number of esters is 1. The molecule has 2 aromatic carbocycles. The number of carbonyl (C=O) groups excluding carboxylic acids is 2. The van der Waals surface area contributed by atoms with Gasteiger partial charge in [0.15, 0.2) is 0 Å². The van der Waals surface area contributed by atoms with Crippen LogP contribution >= 0.6 is 0 Å². The molecule has 2 fully saturated rings. The molecule has 1 saturated heterocycles. The third-order valence-electron chi connectivity index (χ3n) is 7.90. The number of ether oxygens (including phenoxy) is 3. The molecule has 1 saturated carbocycles. The van der Waals surface area contributed by atoms with Gasteiger partial charge in [0.25, 0.3) is 0 Å². The average Bonchev–Trinajstić information content (AvgIpc) is 3.34. The molecule has 8 heteroatoms. The molecule has 0 spiro atoms. The second kappa shape index (κ2) is 13.0. The number of methoxy groups -OCH3 is 1. The zero-order valence-corrected chi connectivity index (χ0v) is 24.4. The quantitative estimate of drug-likeness (QED) is 0.404. The van der Waals surface area contributed by atoms with E-state index in [1.165, 1.54) is 29.2 Å². The van der Waals surface area contributed by atoms with Crippen molar-refractivity contribution in [1.29, 1.82) is 0 Å². The van der Waals surface area contributed by atoms with Crippen molar-refractivity contribution in [2.45, 2.75) is 89.5 Å². The van der Waals surface area contributed by atoms with Crippen LogP contribution in [0.15, 0.2) is 42.5 Å². The third kappa shape index (κ3) is 7.53. The summed E-state index contributed by atoms with van der Waals surface area (Å²) in [6, 6.07) is 12.7. The highest BCUT2D eigenvalue weighted by Gasteiger charge is 2.43. The van der Waals surface area contributed by atoms with Gasteiger partial charge in [-0.2, -0.15) is 0 Å². The van der Waals surface area contributed by atoms with Crippen molar-refractivity contribution in [2.75, 3.05) is 20.7 Å². The summed E-state index contributed by atoms with van der Waals surface area (Å²) in [5.74, 6) is 0.739. The van der Waals surface area contributed by atoms with Gasteiger partial charge in [-0.25, -0.2) is 14.0 Å². The number of nitrogens with one attached hydrogen (secondary N) is 1. The third-order valence-corrected chi connectivity index (χ3v) is 7.90. The first-order valence-electron chi connectivity index (χ1n) is 14.3. The molecule has 0 unspecified atom stereocenters. The van der Waals surface area contributed by atoms with Gasteiger partial charge in [0.1, 0.15) is 29.3 Å². The Hall–Kier alpha value is -3.13. The van der Waals surface area contributed by atoms with Crippen LogP contribution in [0, 0.1) is 11.7 Å². The number of likely N-dealkylation sites (tertiary alicyclic amines) is 1. The summed E-state index contributed by atoms with van der Waals surface area (Å²) in [6.45, 7) is 6.37. The summed E-state index contributed by atoms with van der Waals surface area (Å²) in [4.78, 5) is 26.5. The van der Waals surface area contributed by atoms with E-state index in [-0.39, 0.29) is 18.8 Å². The van der Waals surface area contributed by atoms with Gasteiger partial charge in [-0.15, -0.1) is 0 Å². The Labute approximate surface area is 237 Å². The van der Waals surface area contributed by atoms with Crippen LogP contribution in [0.4, 0.5) is 9.18 Å². The first-order valence-corrected chi connectivity index (χ1v) is 14.3. The normalized spacial score (nSPS) is 23.1. The van der Waals surface area contributed by atoms with E-state index in [1.54, 1.807) is 32.9 Å². The van der Waals surface area contributed by atoms with E-state index in [9.17, 15) is 14.0 Å². The highest BCUT2D eigenvalue weighted by Crippen LogP contribution is 2.39. The first kappa shape index (κ1) is 29.8. The Bertz CT molecular complexity index is 1170. The van der Waals surface area contributed by atoms with E-state index in [2.05, 4.69) is 29.6 Å². The molecule has 0 radical (unpaired) electrons. The standard InChI is InChI=1S/C32H43FN2O5/c1-32(2,3)40-31(37)35-20-26(18-29(35)30(36)38-5)39-25-14-15-28(33)24(17-25)16-21-10-12-22(13-11-21)27-9-7-6-8-23(27)19-34-4/h6-9,14-15,17,21-22,26,29,34H,10-13,16,18-20H2,1-5H3/t21-,22-,26-,29-/m0/s1. The van der Waals surface area contributed by atoms with Crippen LogP contribution in [0.3, 0.4) is 0 Å². The van der Waals surface area contributed by atoms with Crippen LogP contribution in [-0.4, -0.2) is 55.4 Å². The number of hydrogen-bond acceptors (Lipinski definition) is 6. The van der Waals surface area contributed by atoms with Crippen molar-refractivity contribution in [1.82, 2.24) is 10.2 Å². The van der Waals surface area contributed by atoms with Gasteiger partial charge < -0.3 is 19.5 Å². The highest BCUT2D eigenvalue weighted by atomic mass is 19.1. The monoisotopic (exact) mass is 554 g/mol. The van der Waals surface area contributed by atoms with E-state index in [0.717, 1.165) is 32.2 Å². The van der Waals surface area contributed by atoms with E-state index in [1.807, 2.05) is 7.05 Å². The largest absolute Gasteiger partial charge is 0.488 e. The maximum Gasteiger partial charge on any atom is 0.411 e. The van der Waals surface area contributed by atoms with Crippen LogP contribution in [-0.2, 0) is 27.2 Å². The van der Waals surface area contributed by atoms with Crippen molar-refractivity contribution in [2.24, 2.45) is 5.92 Å². The Kier molecular flexibility index (Phi) is 9.72. The lowest BCUT2D eigenvalue weighted by Crippen LogP contribution is -2.44. The molecule has 0 aromatic heterocycles. The van der Waals surface area contributed by atoms with Gasteiger partial charge in [0.05, 0.1) is 13.7 Å². The molecule has 218 valence electrons. The van der Waals surface area contributed by atoms with Crippen LogP contribution < -0.4 is 10.1 Å². The van der Waals surface area contributed by atoms with Gasteiger partial charge in [-0.1, -0.05) is 24.3 Å². The number of rotatable bonds is 8. The molecule has 1 N–H and O–H groups in total. The van der Waals surface area contributed by atoms with Gasteiger partial charge in [0, 0.05) is 13.0 Å². The Morgan fingerprint density at radius 1 is 1.05 bits per heavy atom. The maximum atomic E-state index is 14.9. The second-order valence-corrected chi connectivity index (χ2v) is 12.1. The second-order valence-electron chi connectivity index (χ2n) is 12.1. The molecule has 1 aliphatic heterocycles. The van der Waals surface area contributed by atoms with Crippen molar-refractivity contribution in [3.8, 4) is 5.75 Å². The number of carbonyl (C=O) groups is 2.